The van der Waals surface area contributed by atoms with Gasteiger partial charge in [-0.2, -0.15) is 0 Å². The minimum absolute atomic E-state index is 0.115. The van der Waals surface area contributed by atoms with Gasteiger partial charge in [0.05, 0.1) is 12.5 Å². The molecule has 1 atom stereocenters. The molecular formula is C24H30O2. The Kier molecular flexibility index (Phi) is 6.42. The Bertz CT molecular complexity index is 777. The lowest BCUT2D eigenvalue weighted by atomic mass is 9.85. The lowest BCUT2D eigenvalue weighted by Gasteiger charge is -2.20. The van der Waals surface area contributed by atoms with Crippen molar-refractivity contribution >= 4 is 11.5 Å². The molecule has 0 bridgehead atoms. The number of hydrogen-bond acceptors (Lipinski definition) is 2. The fourth-order valence-corrected chi connectivity index (χ4v) is 2.91. The van der Waals surface area contributed by atoms with E-state index in [1.54, 1.807) is 0 Å². The molecule has 0 spiro atoms. The molecule has 2 aromatic carbocycles. The molecular weight excluding hydrogens is 320 g/mol. The third kappa shape index (κ3) is 5.08. The van der Waals surface area contributed by atoms with Gasteiger partial charge in [0.15, 0.2) is 0 Å². The van der Waals surface area contributed by atoms with E-state index in [-0.39, 0.29) is 17.3 Å². The summed E-state index contributed by atoms with van der Waals surface area (Å²) >= 11 is 0. The van der Waals surface area contributed by atoms with Crippen LogP contribution < -0.4 is 0 Å². The zero-order valence-electron chi connectivity index (χ0n) is 16.8. The SMILES string of the molecule is CCOC(=O)C(C)/C=C(/c1ccc(C(C)(C)C)cc1)c1cccc(C)c1. The maximum atomic E-state index is 12.1. The molecule has 26 heavy (non-hydrogen) atoms. The molecule has 2 rings (SSSR count). The van der Waals surface area contributed by atoms with E-state index in [1.807, 2.05) is 19.9 Å². The van der Waals surface area contributed by atoms with Gasteiger partial charge in [0.2, 0.25) is 0 Å². The second-order valence-electron chi connectivity index (χ2n) is 7.82. The summed E-state index contributed by atoms with van der Waals surface area (Å²) in [5.74, 6) is -0.489. The first-order valence-electron chi connectivity index (χ1n) is 9.28. The number of benzene rings is 2. The van der Waals surface area contributed by atoms with E-state index in [0.717, 1.165) is 16.7 Å². The van der Waals surface area contributed by atoms with E-state index >= 15 is 0 Å². The van der Waals surface area contributed by atoms with E-state index in [9.17, 15) is 4.79 Å². The van der Waals surface area contributed by atoms with Gasteiger partial charge in [-0.05, 0) is 48.4 Å². The molecule has 0 saturated carbocycles. The maximum absolute atomic E-state index is 12.1. The van der Waals surface area contributed by atoms with Crippen molar-refractivity contribution in [3.63, 3.8) is 0 Å². The monoisotopic (exact) mass is 350 g/mol. The molecule has 0 aliphatic heterocycles. The van der Waals surface area contributed by atoms with Crippen LogP contribution in [-0.2, 0) is 14.9 Å². The molecule has 0 aliphatic rings. The van der Waals surface area contributed by atoms with Crippen molar-refractivity contribution < 1.29 is 9.53 Å². The molecule has 0 amide bonds. The summed E-state index contributed by atoms with van der Waals surface area (Å²) in [5, 5.41) is 0. The van der Waals surface area contributed by atoms with E-state index in [4.69, 9.17) is 4.74 Å². The highest BCUT2D eigenvalue weighted by Gasteiger charge is 2.16. The molecule has 2 heteroatoms. The minimum atomic E-state index is -0.298. The van der Waals surface area contributed by atoms with Crippen molar-refractivity contribution in [2.45, 2.75) is 47.0 Å². The summed E-state index contributed by atoms with van der Waals surface area (Å²) in [7, 11) is 0. The molecule has 2 nitrogen and oxygen atoms in total. The Labute approximate surface area is 157 Å². The molecule has 0 N–H and O–H groups in total. The number of esters is 1. The zero-order chi connectivity index (χ0) is 19.3. The van der Waals surface area contributed by atoms with Gasteiger partial charge in [-0.1, -0.05) is 80.9 Å². The van der Waals surface area contributed by atoms with Crippen LogP contribution in [0.25, 0.3) is 5.57 Å². The van der Waals surface area contributed by atoms with E-state index in [2.05, 4.69) is 76.2 Å². The van der Waals surface area contributed by atoms with Crippen LogP contribution in [-0.4, -0.2) is 12.6 Å². The third-order valence-electron chi connectivity index (χ3n) is 4.47. The number of hydrogen-bond donors (Lipinski definition) is 0. The van der Waals surface area contributed by atoms with Crippen LogP contribution in [0.5, 0.6) is 0 Å². The van der Waals surface area contributed by atoms with Crippen molar-refractivity contribution in [3.05, 3.63) is 76.9 Å². The van der Waals surface area contributed by atoms with Crippen LogP contribution in [0.3, 0.4) is 0 Å². The standard InChI is InChI=1S/C24H30O2/c1-7-26-23(25)18(3)16-22(20-10-8-9-17(2)15-20)19-11-13-21(14-12-19)24(4,5)6/h8-16,18H,7H2,1-6H3/b22-16-. The van der Waals surface area contributed by atoms with Gasteiger partial charge in [0.25, 0.3) is 0 Å². The summed E-state index contributed by atoms with van der Waals surface area (Å²) in [5.41, 5.74) is 5.90. The van der Waals surface area contributed by atoms with E-state index < -0.39 is 0 Å². The van der Waals surface area contributed by atoms with E-state index in [0.29, 0.717) is 6.61 Å². The molecule has 0 aromatic heterocycles. The summed E-state index contributed by atoms with van der Waals surface area (Å²) in [6, 6.07) is 17.0. The van der Waals surface area contributed by atoms with Crippen LogP contribution in [0.15, 0.2) is 54.6 Å². The Morgan fingerprint density at radius 2 is 1.73 bits per heavy atom. The van der Waals surface area contributed by atoms with Gasteiger partial charge in [-0.3, -0.25) is 4.79 Å². The van der Waals surface area contributed by atoms with Gasteiger partial charge in [0, 0.05) is 0 Å². The zero-order valence-corrected chi connectivity index (χ0v) is 16.8. The lowest BCUT2D eigenvalue weighted by molar-refractivity contribution is -0.145. The van der Waals surface area contributed by atoms with Crippen molar-refractivity contribution in [3.8, 4) is 0 Å². The van der Waals surface area contributed by atoms with Crippen LogP contribution >= 0.6 is 0 Å². The average molecular weight is 351 g/mol. The minimum Gasteiger partial charge on any atom is -0.466 e. The molecule has 1 unspecified atom stereocenters. The predicted molar refractivity (Wildman–Crippen MR) is 109 cm³/mol. The molecule has 138 valence electrons. The van der Waals surface area contributed by atoms with Crippen LogP contribution in [0.1, 0.15) is 56.9 Å². The van der Waals surface area contributed by atoms with Crippen LogP contribution in [0.2, 0.25) is 0 Å². The number of carbonyl (C=O) groups excluding carboxylic acids is 1. The van der Waals surface area contributed by atoms with Gasteiger partial charge in [-0.25, -0.2) is 0 Å². The van der Waals surface area contributed by atoms with Gasteiger partial charge in [-0.15, -0.1) is 0 Å². The van der Waals surface area contributed by atoms with Gasteiger partial charge < -0.3 is 4.74 Å². The number of aryl methyl sites for hydroxylation is 1. The topological polar surface area (TPSA) is 26.3 Å². The van der Waals surface area contributed by atoms with Gasteiger partial charge >= 0.3 is 5.97 Å². The largest absolute Gasteiger partial charge is 0.466 e. The molecule has 0 saturated heterocycles. The summed E-state index contributed by atoms with van der Waals surface area (Å²) < 4.78 is 5.18. The van der Waals surface area contributed by atoms with Crippen molar-refractivity contribution in [2.75, 3.05) is 6.61 Å². The number of rotatable bonds is 5. The molecule has 0 radical (unpaired) electrons. The Morgan fingerprint density at radius 1 is 1.08 bits per heavy atom. The fourth-order valence-electron chi connectivity index (χ4n) is 2.91. The Morgan fingerprint density at radius 3 is 2.27 bits per heavy atom. The van der Waals surface area contributed by atoms with Crippen molar-refractivity contribution in [2.24, 2.45) is 5.92 Å². The molecule has 0 aliphatic carbocycles. The molecule has 0 heterocycles. The van der Waals surface area contributed by atoms with Crippen LogP contribution in [0.4, 0.5) is 0 Å². The summed E-state index contributed by atoms with van der Waals surface area (Å²) in [6.45, 7) is 12.8. The second kappa shape index (κ2) is 8.35. The first-order chi connectivity index (χ1) is 12.2. The second-order valence-corrected chi connectivity index (χ2v) is 7.82. The Balaban J connectivity index is 2.49. The third-order valence-corrected chi connectivity index (χ3v) is 4.47. The summed E-state index contributed by atoms with van der Waals surface area (Å²) in [4.78, 5) is 12.1. The van der Waals surface area contributed by atoms with E-state index in [1.165, 1.54) is 11.1 Å². The Hall–Kier alpha value is -2.35. The normalized spacial score (nSPS) is 13.4. The first-order valence-corrected chi connectivity index (χ1v) is 9.28. The highest BCUT2D eigenvalue weighted by Crippen LogP contribution is 2.29. The fraction of sp³-hybridized carbons (Fsp3) is 0.375. The number of carbonyl (C=O) groups is 1. The first kappa shape index (κ1) is 20.0. The van der Waals surface area contributed by atoms with Gasteiger partial charge in [0.1, 0.15) is 0 Å². The molecule has 2 aromatic rings. The highest BCUT2D eigenvalue weighted by atomic mass is 16.5. The number of ether oxygens (including phenoxy) is 1. The quantitative estimate of drug-likeness (QED) is 0.625. The van der Waals surface area contributed by atoms with Crippen molar-refractivity contribution in [1.29, 1.82) is 0 Å². The molecule has 0 fully saturated rings. The maximum Gasteiger partial charge on any atom is 0.312 e. The highest BCUT2D eigenvalue weighted by molar-refractivity contribution is 5.84. The van der Waals surface area contributed by atoms with Crippen molar-refractivity contribution in [1.82, 2.24) is 0 Å². The summed E-state index contributed by atoms with van der Waals surface area (Å²) in [6.07, 6.45) is 2.01. The van der Waals surface area contributed by atoms with Crippen LogP contribution in [0, 0.1) is 12.8 Å². The predicted octanol–water partition coefficient (Wildman–Crippen LogP) is 5.92. The lowest BCUT2D eigenvalue weighted by Crippen LogP contribution is -2.13. The smallest absolute Gasteiger partial charge is 0.312 e. The average Bonchev–Trinajstić information content (AvgIpc) is 2.59.